The molecule has 0 spiro atoms. The molecule has 1 heterocycles. The van der Waals surface area contributed by atoms with E-state index >= 15 is 0 Å². The number of ketones is 1. The number of carbonyl (C=O) groups is 1. The molecule has 1 aromatic heterocycles. The van der Waals surface area contributed by atoms with Crippen LogP contribution >= 0.6 is 11.3 Å². The molecule has 0 saturated carbocycles. The van der Waals surface area contributed by atoms with Crippen molar-refractivity contribution >= 4 is 23.2 Å². The van der Waals surface area contributed by atoms with Crippen molar-refractivity contribution in [2.75, 3.05) is 6.61 Å². The van der Waals surface area contributed by atoms with Gasteiger partial charge in [0.05, 0.1) is 17.2 Å². The highest BCUT2D eigenvalue weighted by atomic mass is 32.1. The fourth-order valence-corrected chi connectivity index (χ4v) is 4.24. The van der Waals surface area contributed by atoms with Gasteiger partial charge in [0, 0.05) is 11.1 Å². The Morgan fingerprint density at radius 1 is 1.19 bits per heavy atom. The first kappa shape index (κ1) is 17.5. The molecule has 136 valence electrons. The van der Waals surface area contributed by atoms with Crippen LogP contribution in [0.15, 0.2) is 54.1 Å². The lowest BCUT2D eigenvalue weighted by Crippen LogP contribution is -2.12. The largest absolute Gasteiger partial charge is 0.504 e. The maximum absolute atomic E-state index is 13.0. The number of thiazole rings is 1. The Kier molecular flexibility index (Phi) is 4.77. The van der Waals surface area contributed by atoms with Crippen LogP contribution in [0.1, 0.15) is 34.3 Å². The number of hydrogen-bond acceptors (Lipinski definition) is 5. The van der Waals surface area contributed by atoms with Crippen molar-refractivity contribution in [3.05, 3.63) is 70.2 Å². The number of fused-ring (bicyclic) bond motifs is 1. The number of rotatable bonds is 4. The molecule has 0 aliphatic heterocycles. The van der Waals surface area contributed by atoms with Gasteiger partial charge in [-0.25, -0.2) is 4.98 Å². The van der Waals surface area contributed by atoms with Gasteiger partial charge < -0.3 is 9.84 Å². The number of carbonyl (C=O) groups excluding carboxylic acids is 1. The van der Waals surface area contributed by atoms with Crippen molar-refractivity contribution in [2.45, 2.75) is 19.8 Å². The molecule has 4 rings (SSSR count). The molecule has 5 heteroatoms. The molecule has 2 aromatic carbocycles. The van der Waals surface area contributed by atoms with Gasteiger partial charge in [-0.2, -0.15) is 0 Å². The van der Waals surface area contributed by atoms with Crippen LogP contribution in [0.2, 0.25) is 0 Å². The average molecular weight is 377 g/mol. The lowest BCUT2D eigenvalue weighted by Gasteiger charge is -2.13. The first-order chi connectivity index (χ1) is 13.2. The van der Waals surface area contributed by atoms with Crippen molar-refractivity contribution < 1.29 is 14.6 Å². The minimum absolute atomic E-state index is 0.0435. The SMILES string of the molecule is CCOc1cc(/C=C2\CCc3nc(-c4ccccc4)sc3C2=O)ccc1O. The normalized spacial score (nSPS) is 15.0. The van der Waals surface area contributed by atoms with Crippen molar-refractivity contribution in [2.24, 2.45) is 0 Å². The van der Waals surface area contributed by atoms with E-state index in [0.717, 1.165) is 38.7 Å². The summed E-state index contributed by atoms with van der Waals surface area (Å²) < 4.78 is 5.43. The second kappa shape index (κ2) is 7.37. The summed E-state index contributed by atoms with van der Waals surface area (Å²) in [5.41, 5.74) is 3.53. The summed E-state index contributed by atoms with van der Waals surface area (Å²) in [6.07, 6.45) is 3.30. The molecule has 0 bridgehead atoms. The maximum atomic E-state index is 13.0. The Balaban J connectivity index is 1.65. The van der Waals surface area contributed by atoms with Gasteiger partial charge in [0.2, 0.25) is 5.78 Å². The summed E-state index contributed by atoms with van der Waals surface area (Å²) >= 11 is 1.46. The van der Waals surface area contributed by atoms with E-state index in [0.29, 0.717) is 18.8 Å². The molecule has 1 aliphatic carbocycles. The Bertz CT molecular complexity index is 1020. The summed E-state index contributed by atoms with van der Waals surface area (Å²) in [5, 5.41) is 10.7. The second-order valence-corrected chi connectivity index (χ2v) is 7.32. The van der Waals surface area contributed by atoms with Gasteiger partial charge in [-0.3, -0.25) is 4.79 Å². The lowest BCUT2D eigenvalue weighted by atomic mass is 9.94. The molecule has 0 fully saturated rings. The fraction of sp³-hybridized carbons (Fsp3) is 0.182. The zero-order chi connectivity index (χ0) is 18.8. The number of benzene rings is 2. The molecule has 0 atom stereocenters. The van der Waals surface area contributed by atoms with Gasteiger partial charge in [0.25, 0.3) is 0 Å². The second-order valence-electron chi connectivity index (χ2n) is 6.32. The number of aromatic hydroxyl groups is 1. The average Bonchev–Trinajstić information content (AvgIpc) is 3.13. The Morgan fingerprint density at radius 2 is 2.00 bits per heavy atom. The molecule has 4 nitrogen and oxygen atoms in total. The number of aryl methyl sites for hydroxylation is 1. The number of ether oxygens (including phenoxy) is 1. The van der Waals surface area contributed by atoms with E-state index in [4.69, 9.17) is 4.74 Å². The molecule has 1 N–H and O–H groups in total. The zero-order valence-electron chi connectivity index (χ0n) is 14.9. The van der Waals surface area contributed by atoms with Crippen LogP contribution < -0.4 is 4.74 Å². The topological polar surface area (TPSA) is 59.4 Å². The summed E-state index contributed by atoms with van der Waals surface area (Å²) in [7, 11) is 0. The molecule has 27 heavy (non-hydrogen) atoms. The third-order valence-electron chi connectivity index (χ3n) is 4.47. The summed E-state index contributed by atoms with van der Waals surface area (Å²) in [6.45, 7) is 2.34. The monoisotopic (exact) mass is 377 g/mol. The number of Topliss-reactive ketones (excluding diaryl/α,β-unsaturated/α-hetero) is 1. The minimum atomic E-state index is 0.0435. The van der Waals surface area contributed by atoms with Crippen LogP contribution in [-0.4, -0.2) is 22.5 Å². The van der Waals surface area contributed by atoms with Crippen LogP contribution in [0.3, 0.4) is 0 Å². The highest BCUT2D eigenvalue weighted by Crippen LogP contribution is 2.35. The maximum Gasteiger partial charge on any atom is 0.200 e. The lowest BCUT2D eigenvalue weighted by molar-refractivity contribution is 0.103. The predicted octanol–water partition coefficient (Wildman–Crippen LogP) is 5.13. The molecule has 1 aliphatic rings. The molecule has 0 radical (unpaired) electrons. The Morgan fingerprint density at radius 3 is 2.78 bits per heavy atom. The number of phenolic OH excluding ortho intramolecular Hbond substituents is 1. The summed E-state index contributed by atoms with van der Waals surface area (Å²) in [4.78, 5) is 18.4. The number of hydrogen-bond donors (Lipinski definition) is 1. The summed E-state index contributed by atoms with van der Waals surface area (Å²) in [5.74, 6) is 0.577. The fourth-order valence-electron chi connectivity index (χ4n) is 3.15. The van der Waals surface area contributed by atoms with Gasteiger partial charge in [0.1, 0.15) is 5.01 Å². The van der Waals surface area contributed by atoms with E-state index < -0.39 is 0 Å². The first-order valence-electron chi connectivity index (χ1n) is 8.92. The molecule has 3 aromatic rings. The number of allylic oxidation sites excluding steroid dienone is 1. The van der Waals surface area contributed by atoms with Crippen LogP contribution in [0.5, 0.6) is 11.5 Å². The molecule has 0 unspecified atom stereocenters. The Labute approximate surface area is 161 Å². The standard InChI is InChI=1S/C22H19NO3S/c1-2-26-19-13-14(8-11-18(19)24)12-16-9-10-17-21(20(16)25)27-22(23-17)15-6-4-3-5-7-15/h3-8,11-13,24H,2,9-10H2,1H3/b16-12+. The number of aromatic nitrogens is 1. The minimum Gasteiger partial charge on any atom is -0.504 e. The third kappa shape index (κ3) is 3.51. The molecule has 0 amide bonds. The quantitative estimate of drug-likeness (QED) is 0.641. The number of phenols is 1. The van der Waals surface area contributed by atoms with Crippen LogP contribution in [0.25, 0.3) is 16.6 Å². The van der Waals surface area contributed by atoms with Crippen LogP contribution in [0.4, 0.5) is 0 Å². The zero-order valence-corrected chi connectivity index (χ0v) is 15.8. The van der Waals surface area contributed by atoms with Crippen molar-refractivity contribution in [1.29, 1.82) is 0 Å². The highest BCUT2D eigenvalue weighted by molar-refractivity contribution is 7.17. The van der Waals surface area contributed by atoms with Gasteiger partial charge in [0.15, 0.2) is 11.5 Å². The smallest absolute Gasteiger partial charge is 0.200 e. The van der Waals surface area contributed by atoms with E-state index in [1.807, 2.05) is 43.3 Å². The Hall–Kier alpha value is -2.92. The van der Waals surface area contributed by atoms with E-state index in [9.17, 15) is 9.90 Å². The van der Waals surface area contributed by atoms with Crippen molar-refractivity contribution in [1.82, 2.24) is 4.98 Å². The van der Waals surface area contributed by atoms with Crippen molar-refractivity contribution in [3.63, 3.8) is 0 Å². The predicted molar refractivity (Wildman–Crippen MR) is 107 cm³/mol. The van der Waals surface area contributed by atoms with Crippen molar-refractivity contribution in [3.8, 4) is 22.1 Å². The first-order valence-corrected chi connectivity index (χ1v) is 9.73. The van der Waals surface area contributed by atoms with Gasteiger partial charge in [-0.1, -0.05) is 36.4 Å². The summed E-state index contributed by atoms with van der Waals surface area (Å²) in [6, 6.07) is 15.1. The van der Waals surface area contributed by atoms with Gasteiger partial charge in [-0.15, -0.1) is 11.3 Å². The number of nitrogens with zero attached hydrogens (tertiary/aromatic N) is 1. The van der Waals surface area contributed by atoms with Gasteiger partial charge >= 0.3 is 0 Å². The van der Waals surface area contributed by atoms with Gasteiger partial charge in [-0.05, 0) is 43.5 Å². The molecule has 0 saturated heterocycles. The third-order valence-corrected chi connectivity index (χ3v) is 5.62. The van der Waals surface area contributed by atoms with E-state index in [1.54, 1.807) is 18.2 Å². The van der Waals surface area contributed by atoms with E-state index in [-0.39, 0.29) is 11.5 Å². The highest BCUT2D eigenvalue weighted by Gasteiger charge is 2.26. The van der Waals surface area contributed by atoms with E-state index in [2.05, 4.69) is 4.98 Å². The molecular formula is C22H19NO3S. The van der Waals surface area contributed by atoms with Crippen LogP contribution in [-0.2, 0) is 6.42 Å². The van der Waals surface area contributed by atoms with E-state index in [1.165, 1.54) is 11.3 Å². The van der Waals surface area contributed by atoms with Crippen LogP contribution in [0, 0.1) is 0 Å². The molecular weight excluding hydrogens is 358 g/mol.